The van der Waals surface area contributed by atoms with Crippen molar-refractivity contribution in [2.24, 2.45) is 0 Å². The molecular weight excluding hydrogens is 202 g/mol. The highest BCUT2D eigenvalue weighted by Gasteiger charge is 2.24. The molecule has 0 spiro atoms. The number of aliphatic hydroxyl groups is 1. The topological polar surface area (TPSA) is 32.7 Å². The summed E-state index contributed by atoms with van der Waals surface area (Å²) in [6, 6.07) is 5.95. The fourth-order valence-electron chi connectivity index (χ4n) is 1.66. The lowest BCUT2D eigenvalue weighted by Gasteiger charge is -2.28. The van der Waals surface area contributed by atoms with E-state index in [-0.39, 0.29) is 12.0 Å². The highest BCUT2D eigenvalue weighted by Crippen LogP contribution is 2.34. The van der Waals surface area contributed by atoms with Crippen molar-refractivity contribution in [2.45, 2.75) is 19.3 Å². The quantitative estimate of drug-likeness (QED) is 0.847. The number of ether oxygens (including phenoxy) is 1. The molecule has 3 nitrogen and oxygen atoms in total. The summed E-state index contributed by atoms with van der Waals surface area (Å²) in [4.78, 5) is 2.05. The molecule has 0 heterocycles. The maximum atomic E-state index is 9.46. The van der Waals surface area contributed by atoms with Crippen LogP contribution in [0.4, 0.5) is 5.69 Å². The van der Waals surface area contributed by atoms with Crippen molar-refractivity contribution in [3.63, 3.8) is 0 Å². The molecule has 0 aromatic heterocycles. The van der Waals surface area contributed by atoms with Gasteiger partial charge in [-0.05, 0) is 23.8 Å². The number of methoxy groups -OCH3 is 1. The lowest BCUT2D eigenvalue weighted by atomic mass is 9.84. The second-order valence-corrected chi connectivity index (χ2v) is 4.82. The van der Waals surface area contributed by atoms with Crippen molar-refractivity contribution in [1.82, 2.24) is 0 Å². The molecule has 0 radical (unpaired) electrons. The van der Waals surface area contributed by atoms with Crippen molar-refractivity contribution in [1.29, 1.82) is 0 Å². The van der Waals surface area contributed by atoms with Crippen molar-refractivity contribution >= 4 is 5.69 Å². The Morgan fingerprint density at radius 3 is 2.38 bits per heavy atom. The molecule has 0 saturated heterocycles. The summed E-state index contributed by atoms with van der Waals surface area (Å²) in [5, 5.41) is 9.46. The van der Waals surface area contributed by atoms with Crippen LogP contribution in [0.3, 0.4) is 0 Å². The third kappa shape index (κ3) is 2.47. The van der Waals surface area contributed by atoms with Crippen LogP contribution in [-0.4, -0.2) is 32.9 Å². The predicted molar refractivity (Wildman–Crippen MR) is 67.4 cm³/mol. The molecule has 1 rings (SSSR count). The fraction of sp³-hybridized carbons (Fsp3) is 0.538. The summed E-state index contributed by atoms with van der Waals surface area (Å²) in [6.45, 7) is 4.16. The van der Waals surface area contributed by atoms with E-state index in [1.807, 2.05) is 51.0 Å². The molecule has 90 valence electrons. The van der Waals surface area contributed by atoms with Crippen LogP contribution >= 0.6 is 0 Å². The summed E-state index contributed by atoms with van der Waals surface area (Å²) in [7, 11) is 5.65. The maximum Gasteiger partial charge on any atom is 0.119 e. The number of nitrogens with zero attached hydrogens (tertiary/aromatic N) is 1. The molecule has 0 saturated carbocycles. The zero-order valence-corrected chi connectivity index (χ0v) is 10.7. The van der Waals surface area contributed by atoms with Crippen LogP contribution in [0.5, 0.6) is 5.75 Å². The van der Waals surface area contributed by atoms with Gasteiger partial charge in [-0.1, -0.05) is 13.8 Å². The summed E-state index contributed by atoms with van der Waals surface area (Å²) in [6.07, 6.45) is 0. The Bertz CT molecular complexity index is 359. The molecule has 3 heteroatoms. The van der Waals surface area contributed by atoms with Gasteiger partial charge < -0.3 is 14.7 Å². The van der Waals surface area contributed by atoms with E-state index < -0.39 is 0 Å². The number of rotatable bonds is 4. The third-order valence-corrected chi connectivity index (χ3v) is 2.81. The Morgan fingerprint density at radius 2 is 1.94 bits per heavy atom. The van der Waals surface area contributed by atoms with Crippen LogP contribution in [0.2, 0.25) is 0 Å². The third-order valence-electron chi connectivity index (χ3n) is 2.81. The van der Waals surface area contributed by atoms with Gasteiger partial charge >= 0.3 is 0 Å². The number of anilines is 1. The number of aliphatic hydroxyl groups excluding tert-OH is 1. The van der Waals surface area contributed by atoms with Gasteiger partial charge in [0.2, 0.25) is 0 Å². The van der Waals surface area contributed by atoms with Crippen LogP contribution in [0, 0.1) is 0 Å². The van der Waals surface area contributed by atoms with E-state index in [4.69, 9.17) is 4.74 Å². The molecule has 0 bridgehead atoms. The molecule has 1 N–H and O–H groups in total. The predicted octanol–water partition coefficient (Wildman–Crippen LogP) is 2.03. The molecule has 0 amide bonds. The van der Waals surface area contributed by atoms with E-state index in [1.165, 1.54) is 0 Å². The van der Waals surface area contributed by atoms with Gasteiger partial charge in [-0.2, -0.15) is 0 Å². The molecule has 0 aliphatic heterocycles. The fourth-order valence-corrected chi connectivity index (χ4v) is 1.66. The van der Waals surface area contributed by atoms with Gasteiger partial charge in [-0.25, -0.2) is 0 Å². The molecule has 0 unspecified atom stereocenters. The highest BCUT2D eigenvalue weighted by molar-refractivity contribution is 5.58. The first kappa shape index (κ1) is 12.8. The van der Waals surface area contributed by atoms with E-state index in [0.29, 0.717) is 0 Å². The van der Waals surface area contributed by atoms with Crippen molar-refractivity contribution < 1.29 is 9.84 Å². The van der Waals surface area contributed by atoms with Crippen LogP contribution in [0.25, 0.3) is 0 Å². The Balaban J connectivity index is 3.31. The average Bonchev–Trinajstić information content (AvgIpc) is 2.28. The summed E-state index contributed by atoms with van der Waals surface area (Å²) in [5.41, 5.74) is 1.94. The standard InChI is InChI=1S/C13H21NO2/c1-13(2,9-15)11-8-10(16-5)6-7-12(11)14(3)4/h6-8,15H,9H2,1-5H3. The van der Waals surface area contributed by atoms with Gasteiger partial charge in [-0.15, -0.1) is 0 Å². The number of hydrogen-bond acceptors (Lipinski definition) is 3. The summed E-state index contributed by atoms with van der Waals surface area (Å²) >= 11 is 0. The molecular formula is C13H21NO2. The Labute approximate surface area is 97.7 Å². The Hall–Kier alpha value is -1.22. The Morgan fingerprint density at radius 1 is 1.31 bits per heavy atom. The monoisotopic (exact) mass is 223 g/mol. The zero-order chi connectivity index (χ0) is 12.3. The highest BCUT2D eigenvalue weighted by atomic mass is 16.5. The van der Waals surface area contributed by atoms with E-state index in [2.05, 4.69) is 0 Å². The smallest absolute Gasteiger partial charge is 0.119 e. The molecule has 0 fully saturated rings. The molecule has 0 aliphatic rings. The Kier molecular flexibility index (Phi) is 3.81. The second-order valence-electron chi connectivity index (χ2n) is 4.82. The second kappa shape index (κ2) is 4.74. The van der Waals surface area contributed by atoms with E-state index in [9.17, 15) is 5.11 Å². The SMILES string of the molecule is COc1ccc(N(C)C)c(C(C)(C)CO)c1. The van der Waals surface area contributed by atoms with E-state index in [1.54, 1.807) is 7.11 Å². The molecule has 1 aromatic rings. The minimum Gasteiger partial charge on any atom is -0.497 e. The number of hydrogen-bond donors (Lipinski definition) is 1. The molecule has 0 atom stereocenters. The van der Waals surface area contributed by atoms with E-state index in [0.717, 1.165) is 17.0 Å². The van der Waals surface area contributed by atoms with Crippen LogP contribution in [0.15, 0.2) is 18.2 Å². The maximum absolute atomic E-state index is 9.46. The van der Waals surface area contributed by atoms with Crippen LogP contribution in [0.1, 0.15) is 19.4 Å². The van der Waals surface area contributed by atoms with Gasteiger partial charge in [0, 0.05) is 25.2 Å². The van der Waals surface area contributed by atoms with E-state index >= 15 is 0 Å². The summed E-state index contributed by atoms with van der Waals surface area (Å²) < 4.78 is 5.23. The van der Waals surface area contributed by atoms with Gasteiger partial charge in [-0.3, -0.25) is 0 Å². The largest absolute Gasteiger partial charge is 0.497 e. The zero-order valence-electron chi connectivity index (χ0n) is 10.7. The van der Waals surface area contributed by atoms with Gasteiger partial charge in [0.15, 0.2) is 0 Å². The average molecular weight is 223 g/mol. The molecule has 0 aliphatic carbocycles. The molecule has 16 heavy (non-hydrogen) atoms. The first-order valence-corrected chi connectivity index (χ1v) is 5.39. The number of benzene rings is 1. The lowest BCUT2D eigenvalue weighted by molar-refractivity contribution is 0.218. The van der Waals surface area contributed by atoms with Gasteiger partial charge in [0.1, 0.15) is 5.75 Å². The minimum atomic E-state index is -0.270. The van der Waals surface area contributed by atoms with Gasteiger partial charge in [0.05, 0.1) is 13.7 Å². The minimum absolute atomic E-state index is 0.112. The first-order chi connectivity index (χ1) is 7.42. The normalized spacial score (nSPS) is 11.4. The van der Waals surface area contributed by atoms with Crippen molar-refractivity contribution in [2.75, 3.05) is 32.7 Å². The van der Waals surface area contributed by atoms with Crippen molar-refractivity contribution in [3.8, 4) is 5.75 Å². The van der Waals surface area contributed by atoms with Crippen LogP contribution in [-0.2, 0) is 5.41 Å². The summed E-state index contributed by atoms with van der Waals surface area (Å²) in [5.74, 6) is 0.821. The van der Waals surface area contributed by atoms with Crippen molar-refractivity contribution in [3.05, 3.63) is 23.8 Å². The van der Waals surface area contributed by atoms with Gasteiger partial charge in [0.25, 0.3) is 0 Å². The first-order valence-electron chi connectivity index (χ1n) is 5.39. The molecule has 1 aromatic carbocycles. The lowest BCUT2D eigenvalue weighted by Crippen LogP contribution is -2.25. The van der Waals surface area contributed by atoms with Crippen LogP contribution < -0.4 is 9.64 Å².